The molecule has 110 valence electrons. The maximum absolute atomic E-state index is 12.2. The predicted molar refractivity (Wildman–Crippen MR) is 87.5 cm³/mol. The van der Waals surface area contributed by atoms with Gasteiger partial charge in [-0.15, -0.1) is 0 Å². The van der Waals surface area contributed by atoms with Crippen molar-refractivity contribution < 1.29 is 4.79 Å². The van der Waals surface area contributed by atoms with E-state index in [-0.39, 0.29) is 5.78 Å². The van der Waals surface area contributed by atoms with E-state index in [9.17, 15) is 4.79 Å². The van der Waals surface area contributed by atoms with Crippen molar-refractivity contribution in [2.75, 3.05) is 13.1 Å². The van der Waals surface area contributed by atoms with E-state index in [1.165, 1.54) is 11.1 Å². The zero-order valence-electron chi connectivity index (χ0n) is 12.9. The van der Waals surface area contributed by atoms with Crippen molar-refractivity contribution in [3.63, 3.8) is 0 Å². The number of hydrogen-bond donors (Lipinski definition) is 0. The van der Waals surface area contributed by atoms with Crippen molar-refractivity contribution in [2.24, 2.45) is 0 Å². The summed E-state index contributed by atoms with van der Waals surface area (Å²) in [5.74, 6) is 0.224. The van der Waals surface area contributed by atoms with Gasteiger partial charge >= 0.3 is 0 Å². The molecule has 0 aliphatic rings. The highest BCUT2D eigenvalue weighted by molar-refractivity contribution is 5.96. The molecule has 2 aromatic carbocycles. The van der Waals surface area contributed by atoms with E-state index in [0.29, 0.717) is 6.42 Å². The van der Waals surface area contributed by atoms with Gasteiger partial charge in [-0.2, -0.15) is 0 Å². The molecule has 0 aliphatic carbocycles. The quantitative estimate of drug-likeness (QED) is 0.712. The van der Waals surface area contributed by atoms with E-state index >= 15 is 0 Å². The molecule has 0 aliphatic heterocycles. The monoisotopic (exact) mass is 281 g/mol. The van der Waals surface area contributed by atoms with Gasteiger partial charge in [-0.05, 0) is 19.0 Å². The van der Waals surface area contributed by atoms with Gasteiger partial charge in [0.2, 0.25) is 0 Å². The van der Waals surface area contributed by atoms with Crippen molar-refractivity contribution in [1.29, 1.82) is 0 Å². The van der Waals surface area contributed by atoms with Crippen LogP contribution in [0, 0.1) is 6.92 Å². The topological polar surface area (TPSA) is 20.3 Å². The molecule has 0 saturated carbocycles. The lowest BCUT2D eigenvalue weighted by Gasteiger charge is -2.20. The van der Waals surface area contributed by atoms with Crippen LogP contribution >= 0.6 is 0 Å². The molecule has 2 nitrogen and oxygen atoms in total. The minimum atomic E-state index is 0.224. The van der Waals surface area contributed by atoms with Crippen LogP contribution in [0.1, 0.15) is 34.8 Å². The second-order valence-corrected chi connectivity index (χ2v) is 5.39. The van der Waals surface area contributed by atoms with Crippen LogP contribution in [0.3, 0.4) is 0 Å². The van der Waals surface area contributed by atoms with Crippen molar-refractivity contribution in [3.05, 3.63) is 71.3 Å². The molecular formula is C19H23NO. The molecule has 0 radical (unpaired) electrons. The highest BCUT2D eigenvalue weighted by Crippen LogP contribution is 2.09. The lowest BCUT2D eigenvalue weighted by molar-refractivity contribution is 0.0963. The van der Waals surface area contributed by atoms with Crippen molar-refractivity contribution in [2.45, 2.75) is 26.8 Å². The van der Waals surface area contributed by atoms with E-state index < -0.39 is 0 Å². The zero-order valence-corrected chi connectivity index (χ0v) is 12.9. The summed E-state index contributed by atoms with van der Waals surface area (Å²) in [4.78, 5) is 14.5. The highest BCUT2D eigenvalue weighted by Gasteiger charge is 2.09. The van der Waals surface area contributed by atoms with Crippen LogP contribution in [0.4, 0.5) is 0 Å². The fourth-order valence-corrected chi connectivity index (χ4v) is 2.33. The molecule has 0 saturated heterocycles. The smallest absolute Gasteiger partial charge is 0.164 e. The molecule has 2 rings (SSSR count). The number of carbonyl (C=O) groups excluding carboxylic acids is 1. The first kappa shape index (κ1) is 15.5. The number of carbonyl (C=O) groups is 1. The van der Waals surface area contributed by atoms with Gasteiger partial charge in [-0.3, -0.25) is 9.69 Å². The largest absolute Gasteiger partial charge is 0.299 e. The Balaban J connectivity index is 1.88. The molecule has 0 heterocycles. The molecule has 0 atom stereocenters. The van der Waals surface area contributed by atoms with Crippen LogP contribution in [-0.2, 0) is 6.54 Å². The lowest BCUT2D eigenvalue weighted by atomic mass is 10.1. The maximum Gasteiger partial charge on any atom is 0.164 e. The van der Waals surface area contributed by atoms with E-state index in [1.54, 1.807) is 0 Å². The number of hydrogen-bond acceptors (Lipinski definition) is 2. The Morgan fingerprint density at radius 2 is 1.67 bits per heavy atom. The minimum Gasteiger partial charge on any atom is -0.299 e. The summed E-state index contributed by atoms with van der Waals surface area (Å²) >= 11 is 0. The third kappa shape index (κ3) is 4.83. The number of rotatable bonds is 7. The Hall–Kier alpha value is -1.93. The normalized spacial score (nSPS) is 10.8. The number of nitrogens with zero attached hydrogens (tertiary/aromatic N) is 1. The molecule has 0 amide bonds. The summed E-state index contributed by atoms with van der Waals surface area (Å²) in [7, 11) is 0. The third-order valence-electron chi connectivity index (χ3n) is 3.72. The van der Waals surface area contributed by atoms with Crippen LogP contribution < -0.4 is 0 Å². The van der Waals surface area contributed by atoms with Crippen LogP contribution in [0.15, 0.2) is 54.6 Å². The van der Waals surface area contributed by atoms with Gasteiger partial charge < -0.3 is 0 Å². The van der Waals surface area contributed by atoms with Crippen LogP contribution in [0.5, 0.6) is 0 Å². The number of aryl methyl sites for hydroxylation is 1. The first-order valence-corrected chi connectivity index (χ1v) is 7.55. The lowest BCUT2D eigenvalue weighted by Crippen LogP contribution is -2.25. The fourth-order valence-electron chi connectivity index (χ4n) is 2.33. The number of Topliss-reactive ketones (excluding diaryl/α,β-unsaturated/α-hetero) is 1. The van der Waals surface area contributed by atoms with Gasteiger partial charge in [-0.1, -0.05) is 67.1 Å². The summed E-state index contributed by atoms with van der Waals surface area (Å²) in [5, 5.41) is 0. The Morgan fingerprint density at radius 3 is 2.29 bits per heavy atom. The standard InChI is InChI=1S/C19H23NO/c1-3-20(15-17-7-5-4-6-8-17)14-13-19(21)18-11-9-16(2)10-12-18/h4-12H,3,13-15H2,1-2H3. The summed E-state index contributed by atoms with van der Waals surface area (Å²) in [5.41, 5.74) is 3.30. The SMILES string of the molecule is CCN(CCC(=O)c1ccc(C)cc1)Cc1ccccc1. The molecule has 21 heavy (non-hydrogen) atoms. The Kier molecular flexibility index (Phi) is 5.70. The molecule has 0 unspecified atom stereocenters. The summed E-state index contributed by atoms with van der Waals surface area (Å²) in [6, 6.07) is 18.2. The van der Waals surface area contributed by atoms with Crippen LogP contribution in [0.2, 0.25) is 0 Å². The molecule has 0 N–H and O–H groups in total. The molecule has 0 bridgehead atoms. The van der Waals surface area contributed by atoms with Gasteiger partial charge in [0.05, 0.1) is 0 Å². The van der Waals surface area contributed by atoms with Crippen LogP contribution in [0.25, 0.3) is 0 Å². The van der Waals surface area contributed by atoms with E-state index in [2.05, 4.69) is 36.1 Å². The van der Waals surface area contributed by atoms with E-state index in [1.807, 2.05) is 37.3 Å². The second-order valence-electron chi connectivity index (χ2n) is 5.39. The average molecular weight is 281 g/mol. The van der Waals surface area contributed by atoms with Crippen molar-refractivity contribution in [1.82, 2.24) is 4.90 Å². The highest BCUT2D eigenvalue weighted by atomic mass is 16.1. The van der Waals surface area contributed by atoms with Gasteiger partial charge in [0.15, 0.2) is 5.78 Å². The van der Waals surface area contributed by atoms with E-state index in [0.717, 1.165) is 25.2 Å². The fraction of sp³-hybridized carbons (Fsp3) is 0.316. The minimum absolute atomic E-state index is 0.224. The number of ketones is 1. The molecule has 2 heteroatoms. The number of benzene rings is 2. The molecule has 0 spiro atoms. The summed E-state index contributed by atoms with van der Waals surface area (Å²) < 4.78 is 0. The summed E-state index contributed by atoms with van der Waals surface area (Å²) in [6.45, 7) is 6.83. The Bertz CT molecular complexity index is 560. The molecule has 2 aromatic rings. The van der Waals surface area contributed by atoms with Gasteiger partial charge in [0, 0.05) is 25.1 Å². The zero-order chi connectivity index (χ0) is 15.1. The summed E-state index contributed by atoms with van der Waals surface area (Å²) in [6.07, 6.45) is 0.573. The third-order valence-corrected chi connectivity index (χ3v) is 3.72. The second kappa shape index (κ2) is 7.75. The molecule has 0 aromatic heterocycles. The molecular weight excluding hydrogens is 258 g/mol. The Labute approximate surface area is 127 Å². The average Bonchev–Trinajstić information content (AvgIpc) is 2.52. The predicted octanol–water partition coefficient (Wildman–Crippen LogP) is 4.09. The van der Waals surface area contributed by atoms with Crippen molar-refractivity contribution >= 4 is 5.78 Å². The first-order chi connectivity index (χ1) is 10.2. The maximum atomic E-state index is 12.2. The van der Waals surface area contributed by atoms with Gasteiger partial charge in [0.25, 0.3) is 0 Å². The van der Waals surface area contributed by atoms with Gasteiger partial charge in [0.1, 0.15) is 0 Å². The van der Waals surface area contributed by atoms with Gasteiger partial charge in [-0.25, -0.2) is 0 Å². The first-order valence-electron chi connectivity index (χ1n) is 7.55. The van der Waals surface area contributed by atoms with Crippen LogP contribution in [-0.4, -0.2) is 23.8 Å². The van der Waals surface area contributed by atoms with E-state index in [4.69, 9.17) is 0 Å². The van der Waals surface area contributed by atoms with Crippen molar-refractivity contribution in [3.8, 4) is 0 Å². The molecule has 0 fully saturated rings. The Morgan fingerprint density at radius 1 is 1.00 bits per heavy atom.